The molecule has 0 spiro atoms. The van der Waals surface area contributed by atoms with Crippen molar-refractivity contribution in [3.63, 3.8) is 0 Å². The highest BCUT2D eigenvalue weighted by Crippen LogP contribution is 2.16. The van der Waals surface area contributed by atoms with Crippen LogP contribution in [0.5, 0.6) is 0 Å². The quantitative estimate of drug-likeness (QED) is 0.862. The number of hydrogen-bond acceptors (Lipinski definition) is 2. The molecular weight excluding hydrogens is 296 g/mol. The fourth-order valence-corrected chi connectivity index (χ4v) is 3.31. The van der Waals surface area contributed by atoms with Gasteiger partial charge in [-0.05, 0) is 38.0 Å². The van der Waals surface area contributed by atoms with Gasteiger partial charge in [-0.15, -0.1) is 0 Å². The highest BCUT2D eigenvalue weighted by Gasteiger charge is 2.23. The lowest BCUT2D eigenvalue weighted by Crippen LogP contribution is -2.48. The van der Waals surface area contributed by atoms with Crippen LogP contribution < -0.4 is 0 Å². The minimum Gasteiger partial charge on any atom is -0.336 e. The number of carbonyl (C=O) groups is 1. The van der Waals surface area contributed by atoms with E-state index in [-0.39, 0.29) is 5.91 Å². The highest BCUT2D eigenvalue weighted by atomic mass is 16.2. The van der Waals surface area contributed by atoms with E-state index in [1.54, 1.807) is 0 Å². The molecule has 3 nitrogen and oxygen atoms in total. The summed E-state index contributed by atoms with van der Waals surface area (Å²) < 4.78 is 0. The van der Waals surface area contributed by atoms with Crippen molar-refractivity contribution in [1.82, 2.24) is 9.80 Å². The number of aryl methyl sites for hydroxylation is 3. The Kier molecular flexibility index (Phi) is 5.00. The van der Waals surface area contributed by atoms with Crippen LogP contribution in [0.4, 0.5) is 0 Å². The lowest BCUT2D eigenvalue weighted by molar-refractivity contribution is 0.0627. The van der Waals surface area contributed by atoms with Crippen LogP contribution >= 0.6 is 0 Å². The van der Waals surface area contributed by atoms with Crippen LogP contribution in [0.2, 0.25) is 0 Å². The largest absolute Gasteiger partial charge is 0.336 e. The highest BCUT2D eigenvalue weighted by molar-refractivity contribution is 5.95. The van der Waals surface area contributed by atoms with Gasteiger partial charge in [0.1, 0.15) is 0 Å². The van der Waals surface area contributed by atoms with E-state index < -0.39 is 0 Å². The first kappa shape index (κ1) is 16.7. The number of piperazine rings is 1. The van der Waals surface area contributed by atoms with Crippen LogP contribution in [-0.4, -0.2) is 41.9 Å². The molecule has 0 aliphatic carbocycles. The number of rotatable bonds is 3. The van der Waals surface area contributed by atoms with Crippen molar-refractivity contribution in [2.75, 3.05) is 26.2 Å². The molecule has 3 rings (SSSR count). The first-order valence-corrected chi connectivity index (χ1v) is 8.67. The van der Waals surface area contributed by atoms with Crippen LogP contribution in [0.15, 0.2) is 42.5 Å². The average Bonchev–Trinajstić information content (AvgIpc) is 2.57. The molecule has 1 aliphatic rings. The molecule has 3 heteroatoms. The molecule has 0 unspecified atom stereocenters. The third-order valence-corrected chi connectivity index (χ3v) is 4.77. The standard InChI is InChI=1S/C21H26N2O/c1-16-5-4-6-19(13-16)15-22-9-11-23(12-10-22)21(24)20-14-17(2)7-8-18(20)3/h4-8,13-14H,9-12,15H2,1-3H3. The second-order valence-electron chi connectivity index (χ2n) is 6.88. The summed E-state index contributed by atoms with van der Waals surface area (Å²) in [7, 11) is 0. The Bertz CT molecular complexity index is 730. The number of amides is 1. The summed E-state index contributed by atoms with van der Waals surface area (Å²) in [5, 5.41) is 0. The smallest absolute Gasteiger partial charge is 0.254 e. The molecule has 1 saturated heterocycles. The Morgan fingerprint density at radius 1 is 0.917 bits per heavy atom. The molecule has 0 saturated carbocycles. The van der Waals surface area contributed by atoms with Crippen molar-refractivity contribution in [3.05, 3.63) is 70.3 Å². The Labute approximate surface area is 144 Å². The lowest BCUT2D eigenvalue weighted by atomic mass is 10.0. The zero-order valence-corrected chi connectivity index (χ0v) is 14.9. The minimum absolute atomic E-state index is 0.173. The molecule has 0 aromatic heterocycles. The van der Waals surface area contributed by atoms with E-state index in [0.29, 0.717) is 0 Å². The number of nitrogens with zero attached hydrogens (tertiary/aromatic N) is 2. The Morgan fingerprint density at radius 2 is 1.62 bits per heavy atom. The summed E-state index contributed by atoms with van der Waals surface area (Å²) in [5.41, 5.74) is 5.71. The second kappa shape index (κ2) is 7.18. The Hall–Kier alpha value is -2.13. The SMILES string of the molecule is Cc1cccc(CN2CCN(C(=O)c3cc(C)ccc3C)CC2)c1. The van der Waals surface area contributed by atoms with Gasteiger partial charge in [0.25, 0.3) is 5.91 Å². The molecule has 126 valence electrons. The van der Waals surface area contributed by atoms with Crippen molar-refractivity contribution in [3.8, 4) is 0 Å². The van der Waals surface area contributed by atoms with Gasteiger partial charge in [0, 0.05) is 38.3 Å². The van der Waals surface area contributed by atoms with Gasteiger partial charge in [-0.1, -0.05) is 47.5 Å². The van der Waals surface area contributed by atoms with Gasteiger partial charge >= 0.3 is 0 Å². The van der Waals surface area contributed by atoms with E-state index in [4.69, 9.17) is 0 Å². The van der Waals surface area contributed by atoms with E-state index in [9.17, 15) is 4.79 Å². The predicted octanol–water partition coefficient (Wildman–Crippen LogP) is 3.57. The number of hydrogen-bond donors (Lipinski definition) is 0. The zero-order valence-electron chi connectivity index (χ0n) is 14.9. The fraction of sp³-hybridized carbons (Fsp3) is 0.381. The maximum absolute atomic E-state index is 12.8. The van der Waals surface area contributed by atoms with E-state index in [0.717, 1.165) is 49.4 Å². The van der Waals surface area contributed by atoms with Crippen molar-refractivity contribution < 1.29 is 4.79 Å². The zero-order chi connectivity index (χ0) is 17.1. The molecule has 1 heterocycles. The molecule has 2 aromatic rings. The van der Waals surface area contributed by atoms with Crippen LogP contribution in [0, 0.1) is 20.8 Å². The van der Waals surface area contributed by atoms with Crippen molar-refractivity contribution in [2.24, 2.45) is 0 Å². The summed E-state index contributed by atoms with van der Waals surface area (Å²) in [6, 6.07) is 14.8. The predicted molar refractivity (Wildman–Crippen MR) is 98.3 cm³/mol. The van der Waals surface area contributed by atoms with Gasteiger partial charge < -0.3 is 4.90 Å². The molecule has 1 aliphatic heterocycles. The molecular formula is C21H26N2O. The van der Waals surface area contributed by atoms with Crippen LogP contribution in [0.1, 0.15) is 32.6 Å². The Balaban J connectivity index is 1.60. The van der Waals surface area contributed by atoms with E-state index >= 15 is 0 Å². The molecule has 1 amide bonds. The monoisotopic (exact) mass is 322 g/mol. The van der Waals surface area contributed by atoms with Gasteiger partial charge in [-0.3, -0.25) is 9.69 Å². The van der Waals surface area contributed by atoms with E-state index in [1.165, 1.54) is 11.1 Å². The number of carbonyl (C=O) groups excluding carboxylic acids is 1. The first-order chi connectivity index (χ1) is 11.5. The van der Waals surface area contributed by atoms with Gasteiger partial charge in [0.2, 0.25) is 0 Å². The molecule has 0 bridgehead atoms. The summed E-state index contributed by atoms with van der Waals surface area (Å²) in [5.74, 6) is 0.173. The van der Waals surface area contributed by atoms with Gasteiger partial charge in [0.15, 0.2) is 0 Å². The summed E-state index contributed by atoms with van der Waals surface area (Å²) in [6.45, 7) is 10.6. The second-order valence-corrected chi connectivity index (χ2v) is 6.88. The third kappa shape index (κ3) is 3.85. The molecule has 0 radical (unpaired) electrons. The normalized spacial score (nSPS) is 15.5. The summed E-state index contributed by atoms with van der Waals surface area (Å²) in [6.07, 6.45) is 0. The van der Waals surface area contributed by atoms with E-state index in [1.807, 2.05) is 30.9 Å². The molecule has 24 heavy (non-hydrogen) atoms. The number of benzene rings is 2. The third-order valence-electron chi connectivity index (χ3n) is 4.77. The van der Waals surface area contributed by atoms with Crippen molar-refractivity contribution >= 4 is 5.91 Å². The molecule has 0 N–H and O–H groups in total. The maximum Gasteiger partial charge on any atom is 0.254 e. The van der Waals surface area contributed by atoms with Crippen LogP contribution in [0.25, 0.3) is 0 Å². The first-order valence-electron chi connectivity index (χ1n) is 8.67. The molecule has 0 atom stereocenters. The summed E-state index contributed by atoms with van der Waals surface area (Å²) in [4.78, 5) is 17.2. The Morgan fingerprint density at radius 3 is 2.33 bits per heavy atom. The topological polar surface area (TPSA) is 23.6 Å². The maximum atomic E-state index is 12.8. The molecule has 2 aromatic carbocycles. The molecule has 1 fully saturated rings. The van der Waals surface area contributed by atoms with E-state index in [2.05, 4.69) is 42.2 Å². The van der Waals surface area contributed by atoms with Crippen LogP contribution in [0.3, 0.4) is 0 Å². The summed E-state index contributed by atoms with van der Waals surface area (Å²) >= 11 is 0. The van der Waals surface area contributed by atoms with Gasteiger partial charge in [-0.25, -0.2) is 0 Å². The fourth-order valence-electron chi connectivity index (χ4n) is 3.31. The van der Waals surface area contributed by atoms with Gasteiger partial charge in [0.05, 0.1) is 0 Å². The van der Waals surface area contributed by atoms with Crippen LogP contribution in [-0.2, 0) is 6.54 Å². The van der Waals surface area contributed by atoms with Crippen molar-refractivity contribution in [1.29, 1.82) is 0 Å². The van der Waals surface area contributed by atoms with Crippen molar-refractivity contribution in [2.45, 2.75) is 27.3 Å². The van der Waals surface area contributed by atoms with Gasteiger partial charge in [-0.2, -0.15) is 0 Å². The average molecular weight is 322 g/mol. The minimum atomic E-state index is 0.173. The lowest BCUT2D eigenvalue weighted by Gasteiger charge is -2.35.